The van der Waals surface area contributed by atoms with Crippen LogP contribution in [-0.2, 0) is 6.54 Å². The first kappa shape index (κ1) is 17.3. The monoisotopic (exact) mass is 360 g/mol. The Labute approximate surface area is 159 Å². The number of carbonyl (C=O) groups excluding carboxylic acids is 1. The molecule has 1 aliphatic heterocycles. The SMILES string of the molecule is Cc1nccn1Cc1ccc(C(=O)Nc2ccc(N3CCCC3)cc2)cc1. The fourth-order valence-electron chi connectivity index (χ4n) is 3.46. The topological polar surface area (TPSA) is 50.2 Å². The number of imidazole rings is 1. The fourth-order valence-corrected chi connectivity index (χ4v) is 3.46. The number of aryl methyl sites for hydroxylation is 1. The van der Waals surface area contributed by atoms with E-state index in [4.69, 9.17) is 0 Å². The van der Waals surface area contributed by atoms with Crippen molar-refractivity contribution >= 4 is 17.3 Å². The first-order valence-corrected chi connectivity index (χ1v) is 9.42. The maximum Gasteiger partial charge on any atom is 0.255 e. The predicted octanol–water partition coefficient (Wildman–Crippen LogP) is 4.09. The minimum absolute atomic E-state index is 0.0886. The number of benzene rings is 2. The summed E-state index contributed by atoms with van der Waals surface area (Å²) in [7, 11) is 0. The van der Waals surface area contributed by atoms with Crippen LogP contribution < -0.4 is 10.2 Å². The molecule has 0 spiro atoms. The van der Waals surface area contributed by atoms with Crippen molar-refractivity contribution in [3.8, 4) is 0 Å². The number of amides is 1. The zero-order chi connectivity index (χ0) is 18.6. The third kappa shape index (κ3) is 4.03. The second-order valence-electron chi connectivity index (χ2n) is 6.99. The van der Waals surface area contributed by atoms with Gasteiger partial charge in [-0.05, 0) is 61.7 Å². The fraction of sp³-hybridized carbons (Fsp3) is 0.273. The van der Waals surface area contributed by atoms with Crippen LogP contribution in [0.1, 0.15) is 34.6 Å². The van der Waals surface area contributed by atoms with E-state index in [1.807, 2.05) is 49.5 Å². The van der Waals surface area contributed by atoms with E-state index < -0.39 is 0 Å². The molecule has 1 saturated heterocycles. The van der Waals surface area contributed by atoms with Gasteiger partial charge in [0.2, 0.25) is 0 Å². The van der Waals surface area contributed by atoms with Gasteiger partial charge in [0.05, 0.1) is 0 Å². The number of hydrogen-bond donors (Lipinski definition) is 1. The number of nitrogens with zero attached hydrogens (tertiary/aromatic N) is 3. The summed E-state index contributed by atoms with van der Waals surface area (Å²) in [5.41, 5.74) is 3.85. The summed E-state index contributed by atoms with van der Waals surface area (Å²) >= 11 is 0. The molecule has 27 heavy (non-hydrogen) atoms. The van der Waals surface area contributed by atoms with Gasteiger partial charge in [-0.25, -0.2) is 4.98 Å². The smallest absolute Gasteiger partial charge is 0.255 e. The first-order valence-electron chi connectivity index (χ1n) is 9.42. The van der Waals surface area contributed by atoms with Crippen molar-refractivity contribution in [3.05, 3.63) is 77.9 Å². The van der Waals surface area contributed by atoms with E-state index in [0.717, 1.165) is 36.7 Å². The van der Waals surface area contributed by atoms with Gasteiger partial charge in [-0.1, -0.05) is 12.1 Å². The molecule has 3 aromatic rings. The molecule has 0 saturated carbocycles. The van der Waals surface area contributed by atoms with Crippen LogP contribution in [0.3, 0.4) is 0 Å². The summed E-state index contributed by atoms with van der Waals surface area (Å²) in [6, 6.07) is 15.8. The van der Waals surface area contributed by atoms with Gasteiger partial charge in [0.1, 0.15) is 5.82 Å². The average molecular weight is 360 g/mol. The second kappa shape index (κ2) is 7.66. The Balaban J connectivity index is 1.38. The molecule has 1 fully saturated rings. The Morgan fingerprint density at radius 3 is 2.37 bits per heavy atom. The highest BCUT2D eigenvalue weighted by molar-refractivity contribution is 6.04. The number of carbonyl (C=O) groups is 1. The first-order chi connectivity index (χ1) is 13.2. The molecule has 2 aromatic carbocycles. The van der Waals surface area contributed by atoms with E-state index in [-0.39, 0.29) is 5.91 Å². The molecular formula is C22H24N4O. The van der Waals surface area contributed by atoms with E-state index in [1.54, 1.807) is 6.20 Å². The third-order valence-electron chi connectivity index (χ3n) is 5.09. The standard InChI is InChI=1S/C22H24N4O/c1-17-23-12-15-26(17)16-18-4-6-19(7-5-18)22(27)24-20-8-10-21(11-9-20)25-13-2-3-14-25/h4-12,15H,2-3,13-14,16H2,1H3,(H,24,27). The van der Waals surface area contributed by atoms with Crippen LogP contribution >= 0.6 is 0 Å². The summed E-state index contributed by atoms with van der Waals surface area (Å²) in [6.07, 6.45) is 6.28. The van der Waals surface area contributed by atoms with Gasteiger partial charge >= 0.3 is 0 Å². The Kier molecular flexibility index (Phi) is 4.92. The van der Waals surface area contributed by atoms with Crippen molar-refractivity contribution in [1.82, 2.24) is 9.55 Å². The Bertz CT molecular complexity index is 906. The maximum atomic E-state index is 12.5. The summed E-state index contributed by atoms with van der Waals surface area (Å²) in [5, 5.41) is 2.98. The highest BCUT2D eigenvalue weighted by Gasteiger charge is 2.12. The molecule has 0 unspecified atom stereocenters. The van der Waals surface area contributed by atoms with Crippen LogP contribution in [-0.4, -0.2) is 28.5 Å². The molecule has 4 rings (SSSR count). The maximum absolute atomic E-state index is 12.5. The summed E-state index contributed by atoms with van der Waals surface area (Å²) in [4.78, 5) is 19.1. The quantitative estimate of drug-likeness (QED) is 0.745. The van der Waals surface area contributed by atoms with Crippen LogP contribution in [0.25, 0.3) is 0 Å². The van der Waals surface area contributed by atoms with Crippen molar-refractivity contribution in [2.75, 3.05) is 23.3 Å². The summed E-state index contributed by atoms with van der Waals surface area (Å²) in [5.74, 6) is 0.892. The zero-order valence-corrected chi connectivity index (χ0v) is 15.6. The summed E-state index contributed by atoms with van der Waals surface area (Å²) < 4.78 is 2.08. The van der Waals surface area contributed by atoms with Crippen LogP contribution in [0.5, 0.6) is 0 Å². The van der Waals surface area contributed by atoms with Gasteiger partial charge in [-0.2, -0.15) is 0 Å². The molecule has 138 valence electrons. The lowest BCUT2D eigenvalue weighted by Gasteiger charge is -2.17. The highest BCUT2D eigenvalue weighted by atomic mass is 16.1. The zero-order valence-electron chi connectivity index (χ0n) is 15.6. The lowest BCUT2D eigenvalue weighted by atomic mass is 10.1. The van der Waals surface area contributed by atoms with Crippen molar-refractivity contribution in [1.29, 1.82) is 0 Å². The number of aromatic nitrogens is 2. The molecular weight excluding hydrogens is 336 g/mol. The Morgan fingerprint density at radius 2 is 1.74 bits per heavy atom. The van der Waals surface area contributed by atoms with Crippen molar-refractivity contribution in [2.24, 2.45) is 0 Å². The number of anilines is 2. The second-order valence-corrected chi connectivity index (χ2v) is 6.99. The van der Waals surface area contributed by atoms with Gasteiger partial charge < -0.3 is 14.8 Å². The van der Waals surface area contributed by atoms with Crippen molar-refractivity contribution < 1.29 is 4.79 Å². The minimum Gasteiger partial charge on any atom is -0.372 e. The molecule has 2 heterocycles. The van der Waals surface area contributed by atoms with Gasteiger partial charge in [0, 0.05) is 49.0 Å². The van der Waals surface area contributed by atoms with Gasteiger partial charge in [-0.15, -0.1) is 0 Å². The van der Waals surface area contributed by atoms with Crippen LogP contribution in [0.15, 0.2) is 60.9 Å². The minimum atomic E-state index is -0.0886. The molecule has 5 heteroatoms. The molecule has 1 aliphatic rings. The van der Waals surface area contributed by atoms with E-state index in [9.17, 15) is 4.79 Å². The van der Waals surface area contributed by atoms with Crippen molar-refractivity contribution in [3.63, 3.8) is 0 Å². The van der Waals surface area contributed by atoms with Crippen LogP contribution in [0.2, 0.25) is 0 Å². The highest BCUT2D eigenvalue weighted by Crippen LogP contribution is 2.22. The average Bonchev–Trinajstić information content (AvgIpc) is 3.36. The predicted molar refractivity (Wildman–Crippen MR) is 108 cm³/mol. The molecule has 0 aliphatic carbocycles. The van der Waals surface area contributed by atoms with Crippen LogP contribution in [0.4, 0.5) is 11.4 Å². The number of rotatable bonds is 5. The normalized spacial score (nSPS) is 13.7. The summed E-state index contributed by atoms with van der Waals surface area (Å²) in [6.45, 7) is 4.98. The Hall–Kier alpha value is -3.08. The molecule has 1 aromatic heterocycles. The van der Waals surface area contributed by atoms with Gasteiger partial charge in [0.15, 0.2) is 0 Å². The number of nitrogens with one attached hydrogen (secondary N) is 1. The van der Waals surface area contributed by atoms with E-state index in [0.29, 0.717) is 5.56 Å². The van der Waals surface area contributed by atoms with E-state index in [1.165, 1.54) is 18.5 Å². The molecule has 1 N–H and O–H groups in total. The molecule has 5 nitrogen and oxygen atoms in total. The molecule has 0 bridgehead atoms. The van der Waals surface area contributed by atoms with Crippen LogP contribution in [0, 0.1) is 6.92 Å². The Morgan fingerprint density at radius 1 is 1.04 bits per heavy atom. The molecule has 0 radical (unpaired) electrons. The molecule has 1 amide bonds. The van der Waals surface area contributed by atoms with Gasteiger partial charge in [0.25, 0.3) is 5.91 Å². The van der Waals surface area contributed by atoms with Crippen molar-refractivity contribution in [2.45, 2.75) is 26.3 Å². The largest absolute Gasteiger partial charge is 0.372 e. The number of hydrogen-bond acceptors (Lipinski definition) is 3. The third-order valence-corrected chi connectivity index (χ3v) is 5.09. The lowest BCUT2D eigenvalue weighted by Crippen LogP contribution is -2.17. The molecule has 0 atom stereocenters. The van der Waals surface area contributed by atoms with Gasteiger partial charge in [-0.3, -0.25) is 4.79 Å². The lowest BCUT2D eigenvalue weighted by molar-refractivity contribution is 0.102. The van der Waals surface area contributed by atoms with E-state index >= 15 is 0 Å². The van der Waals surface area contributed by atoms with E-state index in [2.05, 4.69) is 31.9 Å².